The molecule has 0 aliphatic rings. The second kappa shape index (κ2) is 8.24. The molecule has 2 aromatic carbocycles. The number of nitrogens with zero attached hydrogens (tertiary/aromatic N) is 1. The number of aryl methyl sites for hydroxylation is 2. The summed E-state index contributed by atoms with van der Waals surface area (Å²) in [6.07, 6.45) is 0.0537. The Balaban J connectivity index is 1.98. The largest absolute Gasteiger partial charge is 0.490 e. The Morgan fingerprint density at radius 2 is 1.81 bits per heavy atom. The minimum absolute atomic E-state index is 0.00835. The summed E-state index contributed by atoms with van der Waals surface area (Å²) < 4.78 is 4.91. The quantitative estimate of drug-likeness (QED) is 0.462. The van der Waals surface area contributed by atoms with Crippen molar-refractivity contribution in [1.29, 1.82) is 0 Å². The van der Waals surface area contributed by atoms with Gasteiger partial charge in [0.2, 0.25) is 5.91 Å². The summed E-state index contributed by atoms with van der Waals surface area (Å²) in [4.78, 5) is 34.7. The van der Waals surface area contributed by atoms with E-state index in [2.05, 4.69) is 5.32 Å². The third kappa shape index (κ3) is 4.66. The molecule has 0 aromatic heterocycles. The first kappa shape index (κ1) is 19.1. The maximum absolute atomic E-state index is 12.2. The summed E-state index contributed by atoms with van der Waals surface area (Å²) in [6, 6.07) is 9.57. The number of anilines is 1. The number of ketones is 1. The van der Waals surface area contributed by atoms with E-state index < -0.39 is 4.92 Å². The number of carbonyl (C=O) groups is 2. The molecule has 0 unspecified atom stereocenters. The summed E-state index contributed by atoms with van der Waals surface area (Å²) in [5.41, 5.74) is 2.73. The van der Waals surface area contributed by atoms with Crippen LogP contribution in [0.3, 0.4) is 0 Å². The van der Waals surface area contributed by atoms with E-state index in [-0.39, 0.29) is 41.7 Å². The first-order valence-corrected chi connectivity index (χ1v) is 8.04. The molecule has 0 saturated carbocycles. The zero-order valence-electron chi connectivity index (χ0n) is 14.9. The van der Waals surface area contributed by atoms with Crippen LogP contribution < -0.4 is 10.1 Å². The van der Waals surface area contributed by atoms with Gasteiger partial charge in [0, 0.05) is 30.2 Å². The standard InChI is InChI=1S/C19H20N2O5/c1-12-4-5-14(10-13(12)2)17(22)7-9-19(23)20-15-6-8-18(26-3)16(11-15)21(24)25/h4-6,8,10-11H,7,9H2,1-3H3,(H,20,23). The Hall–Kier alpha value is -3.22. The number of hydrogen-bond acceptors (Lipinski definition) is 5. The monoisotopic (exact) mass is 356 g/mol. The van der Waals surface area contributed by atoms with Gasteiger partial charge in [0.25, 0.3) is 0 Å². The van der Waals surface area contributed by atoms with Crippen LogP contribution in [-0.2, 0) is 4.79 Å². The zero-order valence-corrected chi connectivity index (χ0v) is 14.9. The number of hydrogen-bond donors (Lipinski definition) is 1. The second-order valence-corrected chi connectivity index (χ2v) is 5.91. The lowest BCUT2D eigenvalue weighted by atomic mass is 10.0. The van der Waals surface area contributed by atoms with E-state index >= 15 is 0 Å². The molecule has 7 heteroatoms. The van der Waals surface area contributed by atoms with Crippen LogP contribution in [0.4, 0.5) is 11.4 Å². The number of ether oxygens (including phenoxy) is 1. The van der Waals surface area contributed by atoms with Crippen LogP contribution in [0.5, 0.6) is 5.75 Å². The number of nitro groups is 1. The minimum Gasteiger partial charge on any atom is -0.490 e. The first-order chi connectivity index (χ1) is 12.3. The number of nitro benzene ring substituents is 1. The average molecular weight is 356 g/mol. The zero-order chi connectivity index (χ0) is 19.3. The van der Waals surface area contributed by atoms with Crippen molar-refractivity contribution >= 4 is 23.1 Å². The lowest BCUT2D eigenvalue weighted by molar-refractivity contribution is -0.385. The predicted octanol–water partition coefficient (Wildman–Crippen LogP) is 3.82. The SMILES string of the molecule is COc1ccc(NC(=O)CCC(=O)c2ccc(C)c(C)c2)cc1[N+](=O)[O-]. The van der Waals surface area contributed by atoms with Crippen molar-refractivity contribution in [3.63, 3.8) is 0 Å². The Labute approximate surface area is 151 Å². The molecular formula is C19H20N2O5. The Morgan fingerprint density at radius 1 is 1.08 bits per heavy atom. The molecule has 0 atom stereocenters. The highest BCUT2D eigenvalue weighted by atomic mass is 16.6. The Kier molecular flexibility index (Phi) is 6.06. The maximum Gasteiger partial charge on any atom is 0.312 e. The van der Waals surface area contributed by atoms with Gasteiger partial charge >= 0.3 is 5.69 Å². The fourth-order valence-corrected chi connectivity index (χ4v) is 2.42. The highest BCUT2D eigenvalue weighted by Crippen LogP contribution is 2.29. The van der Waals surface area contributed by atoms with Gasteiger partial charge in [-0.15, -0.1) is 0 Å². The minimum atomic E-state index is -0.586. The van der Waals surface area contributed by atoms with Gasteiger partial charge in [-0.3, -0.25) is 19.7 Å². The number of benzene rings is 2. The number of methoxy groups -OCH3 is 1. The van der Waals surface area contributed by atoms with Gasteiger partial charge in [0.15, 0.2) is 11.5 Å². The number of amides is 1. The number of rotatable bonds is 7. The van der Waals surface area contributed by atoms with E-state index in [0.717, 1.165) is 11.1 Å². The molecule has 0 heterocycles. The van der Waals surface area contributed by atoms with E-state index in [0.29, 0.717) is 5.56 Å². The number of carbonyl (C=O) groups excluding carboxylic acids is 2. The molecule has 1 N–H and O–H groups in total. The van der Waals surface area contributed by atoms with Gasteiger partial charge < -0.3 is 10.1 Å². The molecule has 0 fully saturated rings. The highest BCUT2D eigenvalue weighted by molar-refractivity contribution is 6.00. The molecule has 0 aliphatic heterocycles. The molecule has 2 rings (SSSR count). The smallest absolute Gasteiger partial charge is 0.312 e. The van der Waals surface area contributed by atoms with Gasteiger partial charge in [0.1, 0.15) is 0 Å². The fourth-order valence-electron chi connectivity index (χ4n) is 2.42. The Morgan fingerprint density at radius 3 is 2.42 bits per heavy atom. The Bertz CT molecular complexity index is 861. The molecule has 26 heavy (non-hydrogen) atoms. The third-order valence-electron chi connectivity index (χ3n) is 4.07. The average Bonchev–Trinajstić information content (AvgIpc) is 2.61. The molecule has 136 valence electrons. The normalized spacial score (nSPS) is 10.3. The van der Waals surface area contributed by atoms with Gasteiger partial charge in [-0.05, 0) is 43.2 Å². The summed E-state index contributed by atoms with van der Waals surface area (Å²) in [7, 11) is 1.33. The van der Waals surface area contributed by atoms with Crippen molar-refractivity contribution in [2.45, 2.75) is 26.7 Å². The molecule has 7 nitrogen and oxygen atoms in total. The van der Waals surface area contributed by atoms with E-state index in [9.17, 15) is 19.7 Å². The van der Waals surface area contributed by atoms with Crippen LogP contribution >= 0.6 is 0 Å². The van der Waals surface area contributed by atoms with Crippen molar-refractivity contribution in [3.05, 3.63) is 63.2 Å². The van der Waals surface area contributed by atoms with Crippen LogP contribution in [0.15, 0.2) is 36.4 Å². The third-order valence-corrected chi connectivity index (χ3v) is 4.07. The van der Waals surface area contributed by atoms with Crippen LogP contribution in [0.2, 0.25) is 0 Å². The van der Waals surface area contributed by atoms with Gasteiger partial charge in [-0.25, -0.2) is 0 Å². The van der Waals surface area contributed by atoms with Gasteiger partial charge in [0.05, 0.1) is 12.0 Å². The van der Waals surface area contributed by atoms with E-state index in [1.165, 1.54) is 25.3 Å². The van der Waals surface area contributed by atoms with E-state index in [1.807, 2.05) is 26.0 Å². The summed E-state index contributed by atoms with van der Waals surface area (Å²) in [5.74, 6) is -0.400. The number of nitrogens with one attached hydrogen (secondary N) is 1. The van der Waals surface area contributed by atoms with Gasteiger partial charge in [-0.1, -0.05) is 12.1 Å². The molecular weight excluding hydrogens is 336 g/mol. The summed E-state index contributed by atoms with van der Waals surface area (Å²) >= 11 is 0. The van der Waals surface area contributed by atoms with Crippen molar-refractivity contribution in [3.8, 4) is 5.75 Å². The van der Waals surface area contributed by atoms with Crippen LogP contribution in [0, 0.1) is 24.0 Å². The van der Waals surface area contributed by atoms with Crippen LogP contribution in [-0.4, -0.2) is 23.7 Å². The molecule has 0 bridgehead atoms. The number of Topliss-reactive ketones (excluding diaryl/α,β-unsaturated/α-hetero) is 1. The molecule has 0 radical (unpaired) electrons. The maximum atomic E-state index is 12.2. The topological polar surface area (TPSA) is 98.5 Å². The van der Waals surface area contributed by atoms with Gasteiger partial charge in [-0.2, -0.15) is 0 Å². The molecule has 1 amide bonds. The van der Waals surface area contributed by atoms with Crippen molar-refractivity contribution in [2.24, 2.45) is 0 Å². The van der Waals surface area contributed by atoms with Crippen LogP contribution in [0.25, 0.3) is 0 Å². The lowest BCUT2D eigenvalue weighted by Gasteiger charge is -2.08. The van der Waals surface area contributed by atoms with Crippen molar-refractivity contribution in [2.75, 3.05) is 12.4 Å². The van der Waals surface area contributed by atoms with E-state index in [1.54, 1.807) is 6.07 Å². The predicted molar refractivity (Wildman–Crippen MR) is 97.8 cm³/mol. The first-order valence-electron chi connectivity index (χ1n) is 8.04. The van der Waals surface area contributed by atoms with Crippen molar-refractivity contribution < 1.29 is 19.2 Å². The fraction of sp³-hybridized carbons (Fsp3) is 0.263. The molecule has 0 spiro atoms. The highest BCUT2D eigenvalue weighted by Gasteiger charge is 2.16. The van der Waals surface area contributed by atoms with E-state index in [4.69, 9.17) is 4.74 Å². The second-order valence-electron chi connectivity index (χ2n) is 5.91. The van der Waals surface area contributed by atoms with Crippen molar-refractivity contribution in [1.82, 2.24) is 0 Å². The lowest BCUT2D eigenvalue weighted by Crippen LogP contribution is -2.13. The molecule has 0 saturated heterocycles. The van der Waals surface area contributed by atoms with Crippen LogP contribution in [0.1, 0.15) is 34.3 Å². The summed E-state index contributed by atoms with van der Waals surface area (Å²) in [6.45, 7) is 3.89. The summed E-state index contributed by atoms with van der Waals surface area (Å²) in [5, 5.41) is 13.6. The molecule has 0 aliphatic carbocycles. The molecule has 2 aromatic rings.